The Labute approximate surface area is 207 Å². The van der Waals surface area contributed by atoms with Gasteiger partial charge in [-0.15, -0.1) is 10.2 Å². The van der Waals surface area contributed by atoms with Crippen LogP contribution in [0.3, 0.4) is 0 Å². The number of ether oxygens (including phenoxy) is 2. The number of thioether (sulfide) groups is 1. The second-order valence-electron chi connectivity index (χ2n) is 7.31. The van der Waals surface area contributed by atoms with E-state index in [1.807, 2.05) is 65.2 Å². The zero-order valence-corrected chi connectivity index (χ0v) is 19.9. The van der Waals surface area contributed by atoms with Gasteiger partial charge in [-0.3, -0.25) is 9.36 Å². The summed E-state index contributed by atoms with van der Waals surface area (Å²) in [5.74, 6) is 0.785. The largest absolute Gasteiger partial charge is 0.486 e. The van der Waals surface area contributed by atoms with Crippen LogP contribution in [0.25, 0.3) is 5.69 Å². The maximum Gasteiger partial charge on any atom is 0.338 e. The van der Waals surface area contributed by atoms with Gasteiger partial charge in [0.1, 0.15) is 12.4 Å². The molecule has 4 rings (SSSR count). The Morgan fingerprint density at radius 2 is 1.69 bits per heavy atom. The van der Waals surface area contributed by atoms with Gasteiger partial charge in [-0.1, -0.05) is 54.2 Å². The Balaban J connectivity index is 1.45. The maximum atomic E-state index is 12.6. The monoisotopic (exact) mass is 488 g/mol. The second kappa shape index (κ2) is 11.8. The molecule has 1 N–H and O–H groups in total. The highest BCUT2D eigenvalue weighted by Gasteiger charge is 2.17. The molecule has 0 aliphatic heterocycles. The number of carbonyl (C=O) groups is 2. The number of rotatable bonds is 10. The van der Waals surface area contributed by atoms with E-state index in [2.05, 4.69) is 15.5 Å². The summed E-state index contributed by atoms with van der Waals surface area (Å²) in [6.07, 6.45) is 0. The number of hydrogen-bond donors (Lipinski definition) is 1. The van der Waals surface area contributed by atoms with Crippen molar-refractivity contribution in [3.63, 3.8) is 0 Å². The van der Waals surface area contributed by atoms with E-state index in [1.54, 1.807) is 31.2 Å². The predicted octanol–water partition coefficient (Wildman–Crippen LogP) is 4.75. The van der Waals surface area contributed by atoms with Gasteiger partial charge >= 0.3 is 5.97 Å². The van der Waals surface area contributed by atoms with Gasteiger partial charge in [-0.2, -0.15) is 0 Å². The van der Waals surface area contributed by atoms with Crippen LogP contribution in [-0.2, 0) is 16.1 Å². The first kappa shape index (κ1) is 24.0. The molecule has 35 heavy (non-hydrogen) atoms. The highest BCUT2D eigenvalue weighted by Crippen LogP contribution is 2.23. The zero-order valence-electron chi connectivity index (χ0n) is 19.1. The summed E-state index contributed by atoms with van der Waals surface area (Å²) in [6.45, 7) is 2.25. The number of nitrogens with one attached hydrogen (secondary N) is 1. The van der Waals surface area contributed by atoms with Gasteiger partial charge in [0.2, 0.25) is 5.91 Å². The van der Waals surface area contributed by atoms with E-state index in [-0.39, 0.29) is 24.9 Å². The quantitative estimate of drug-likeness (QED) is 0.254. The fourth-order valence-corrected chi connectivity index (χ4v) is 4.02. The van der Waals surface area contributed by atoms with Gasteiger partial charge in [0, 0.05) is 11.4 Å². The van der Waals surface area contributed by atoms with E-state index < -0.39 is 5.97 Å². The molecule has 0 aliphatic carbocycles. The number of aromatic nitrogens is 3. The Kier molecular flexibility index (Phi) is 8.13. The molecule has 0 fully saturated rings. The molecule has 8 nitrogen and oxygen atoms in total. The van der Waals surface area contributed by atoms with Crippen molar-refractivity contribution in [1.29, 1.82) is 0 Å². The molecular formula is C26H24N4O4S. The van der Waals surface area contributed by atoms with Crippen LogP contribution >= 0.6 is 11.8 Å². The van der Waals surface area contributed by atoms with Gasteiger partial charge in [0.05, 0.1) is 17.9 Å². The van der Waals surface area contributed by atoms with Gasteiger partial charge in [0.15, 0.2) is 11.0 Å². The molecule has 1 heterocycles. The van der Waals surface area contributed by atoms with E-state index >= 15 is 0 Å². The van der Waals surface area contributed by atoms with Crippen molar-refractivity contribution in [2.24, 2.45) is 0 Å². The number of hydrogen-bond acceptors (Lipinski definition) is 7. The lowest BCUT2D eigenvalue weighted by Gasteiger charge is -2.11. The Bertz CT molecular complexity index is 1280. The van der Waals surface area contributed by atoms with Crippen LogP contribution in [0.2, 0.25) is 0 Å². The molecule has 0 atom stereocenters. The first-order valence-electron chi connectivity index (χ1n) is 11.0. The molecule has 4 aromatic rings. The minimum absolute atomic E-state index is 0.105. The zero-order chi connectivity index (χ0) is 24.5. The lowest BCUT2D eigenvalue weighted by atomic mass is 10.2. The molecule has 1 aromatic heterocycles. The Hall–Kier alpha value is -4.11. The second-order valence-corrected chi connectivity index (χ2v) is 8.25. The molecule has 0 saturated heterocycles. The van der Waals surface area contributed by atoms with Crippen molar-refractivity contribution in [2.75, 3.05) is 17.7 Å². The smallest absolute Gasteiger partial charge is 0.338 e. The molecule has 3 aromatic carbocycles. The molecule has 178 valence electrons. The highest BCUT2D eigenvalue weighted by molar-refractivity contribution is 7.99. The summed E-state index contributed by atoms with van der Waals surface area (Å²) in [6, 6.07) is 25.8. The van der Waals surface area contributed by atoms with E-state index in [9.17, 15) is 9.59 Å². The van der Waals surface area contributed by atoms with Crippen molar-refractivity contribution in [3.8, 4) is 11.4 Å². The summed E-state index contributed by atoms with van der Waals surface area (Å²) >= 11 is 1.26. The third-order valence-electron chi connectivity index (χ3n) is 4.82. The molecular weight excluding hydrogens is 464 g/mol. The fraction of sp³-hybridized carbons (Fsp3) is 0.154. The topological polar surface area (TPSA) is 95.3 Å². The summed E-state index contributed by atoms with van der Waals surface area (Å²) in [7, 11) is 0. The van der Waals surface area contributed by atoms with Crippen LogP contribution in [0.4, 0.5) is 5.69 Å². The number of carbonyl (C=O) groups excluding carboxylic acids is 2. The third kappa shape index (κ3) is 6.48. The lowest BCUT2D eigenvalue weighted by molar-refractivity contribution is -0.113. The van der Waals surface area contributed by atoms with Gasteiger partial charge in [-0.25, -0.2) is 4.79 Å². The predicted molar refractivity (Wildman–Crippen MR) is 134 cm³/mol. The first-order chi connectivity index (χ1) is 17.1. The van der Waals surface area contributed by atoms with Crippen molar-refractivity contribution < 1.29 is 19.1 Å². The maximum absolute atomic E-state index is 12.6. The van der Waals surface area contributed by atoms with Crippen LogP contribution in [0.5, 0.6) is 5.75 Å². The standard InChI is InChI=1S/C26H24N4O4S/c1-2-33-25(32)19-10-9-11-20(16-19)27-24(31)18-35-26-29-28-23(17-34-22-14-7-4-8-15-22)30(26)21-12-5-3-6-13-21/h3-16H,2,17-18H2,1H3,(H,27,31). The van der Waals surface area contributed by atoms with E-state index in [0.717, 1.165) is 11.4 Å². The molecule has 0 bridgehead atoms. The average Bonchev–Trinajstić information content (AvgIpc) is 3.30. The molecule has 1 amide bonds. The highest BCUT2D eigenvalue weighted by atomic mass is 32.2. The summed E-state index contributed by atoms with van der Waals surface area (Å²) in [4.78, 5) is 24.6. The fourth-order valence-electron chi connectivity index (χ4n) is 3.25. The minimum atomic E-state index is -0.431. The normalized spacial score (nSPS) is 10.5. The van der Waals surface area contributed by atoms with Gasteiger partial charge in [0.25, 0.3) is 0 Å². The minimum Gasteiger partial charge on any atom is -0.486 e. The van der Waals surface area contributed by atoms with Gasteiger partial charge in [-0.05, 0) is 49.4 Å². The number of esters is 1. The number of benzene rings is 3. The molecule has 0 saturated carbocycles. The molecule has 0 aliphatic rings. The third-order valence-corrected chi connectivity index (χ3v) is 5.74. The lowest BCUT2D eigenvalue weighted by Crippen LogP contribution is -2.15. The molecule has 0 radical (unpaired) electrons. The van der Waals surface area contributed by atoms with Crippen LogP contribution in [0.15, 0.2) is 90.1 Å². The van der Waals surface area contributed by atoms with E-state index in [4.69, 9.17) is 9.47 Å². The SMILES string of the molecule is CCOC(=O)c1cccc(NC(=O)CSc2nnc(COc3ccccc3)n2-c2ccccc2)c1. The van der Waals surface area contributed by atoms with Gasteiger partial charge < -0.3 is 14.8 Å². The average molecular weight is 489 g/mol. The first-order valence-corrected chi connectivity index (χ1v) is 12.0. The van der Waals surface area contributed by atoms with Crippen molar-refractivity contribution in [2.45, 2.75) is 18.7 Å². The van der Waals surface area contributed by atoms with Crippen LogP contribution in [0.1, 0.15) is 23.1 Å². The summed E-state index contributed by atoms with van der Waals surface area (Å²) < 4.78 is 12.8. The molecule has 0 unspecified atom stereocenters. The van der Waals surface area contributed by atoms with Crippen molar-refractivity contribution in [1.82, 2.24) is 14.8 Å². The number of para-hydroxylation sites is 2. The molecule has 0 spiro atoms. The molecule has 9 heteroatoms. The van der Waals surface area contributed by atoms with Crippen LogP contribution < -0.4 is 10.1 Å². The van der Waals surface area contributed by atoms with Crippen LogP contribution in [0, 0.1) is 0 Å². The Morgan fingerprint density at radius 1 is 0.943 bits per heavy atom. The van der Waals surface area contributed by atoms with Crippen molar-refractivity contribution in [3.05, 3.63) is 96.3 Å². The number of amides is 1. The van der Waals surface area contributed by atoms with Crippen LogP contribution in [-0.4, -0.2) is 39.0 Å². The Morgan fingerprint density at radius 3 is 2.43 bits per heavy atom. The van der Waals surface area contributed by atoms with E-state index in [1.165, 1.54) is 11.8 Å². The number of anilines is 1. The van der Waals surface area contributed by atoms with E-state index in [0.29, 0.717) is 22.2 Å². The number of nitrogens with zero attached hydrogens (tertiary/aromatic N) is 3. The van der Waals surface area contributed by atoms with Crippen molar-refractivity contribution >= 4 is 29.3 Å². The summed E-state index contributed by atoms with van der Waals surface area (Å²) in [5, 5.41) is 12.0. The summed E-state index contributed by atoms with van der Waals surface area (Å²) in [5.41, 5.74) is 1.76.